The number of nitrogens with one attached hydrogen (secondary N) is 1. The second-order valence-electron chi connectivity index (χ2n) is 4.49. The number of benzene rings is 1. The maximum Gasteiger partial charge on any atom is 0.241 e. The van der Waals surface area contributed by atoms with Crippen molar-refractivity contribution in [3.05, 3.63) is 23.3 Å². The number of sulfonamides is 1. The van der Waals surface area contributed by atoms with Crippen LogP contribution in [0.2, 0.25) is 0 Å². The van der Waals surface area contributed by atoms with Crippen molar-refractivity contribution in [1.29, 1.82) is 0 Å². The largest absolute Gasteiger partial charge is 0.399 e. The minimum atomic E-state index is -3.55. The fraction of sp³-hybridized carbons (Fsp3) is 0.538. The Kier molecular flexibility index (Phi) is 6.41. The van der Waals surface area contributed by atoms with Crippen molar-refractivity contribution in [2.75, 3.05) is 39.2 Å². The summed E-state index contributed by atoms with van der Waals surface area (Å²) in [4.78, 5) is 0.281. The van der Waals surface area contributed by atoms with Crippen molar-refractivity contribution in [3.63, 3.8) is 0 Å². The third-order valence-corrected chi connectivity index (χ3v) is 4.49. The van der Waals surface area contributed by atoms with Crippen molar-refractivity contribution in [2.45, 2.75) is 18.7 Å². The predicted molar refractivity (Wildman–Crippen MR) is 78.2 cm³/mol. The van der Waals surface area contributed by atoms with Crippen LogP contribution in [0.5, 0.6) is 0 Å². The average Bonchev–Trinajstić information content (AvgIpc) is 2.31. The molecular weight excluding hydrogens is 280 g/mol. The van der Waals surface area contributed by atoms with Crippen LogP contribution in [0.1, 0.15) is 11.1 Å². The Morgan fingerprint density at radius 3 is 2.30 bits per heavy atom. The van der Waals surface area contributed by atoms with Gasteiger partial charge in [0.05, 0.1) is 24.7 Å². The monoisotopic (exact) mass is 302 g/mol. The van der Waals surface area contributed by atoms with Gasteiger partial charge in [0.2, 0.25) is 10.0 Å². The molecule has 114 valence electrons. The summed E-state index contributed by atoms with van der Waals surface area (Å²) in [5, 5.41) is 0. The standard InChI is InChI=1S/C13H22N2O4S/c1-10-8-12(14)9-11(2)13(10)20(16,17)15-4-5-19-7-6-18-3/h8-9,15H,4-7,14H2,1-3H3. The minimum absolute atomic E-state index is 0.218. The molecule has 0 saturated carbocycles. The first-order chi connectivity index (χ1) is 9.38. The first kappa shape index (κ1) is 16.9. The highest BCUT2D eigenvalue weighted by atomic mass is 32.2. The van der Waals surface area contributed by atoms with Crippen molar-refractivity contribution >= 4 is 15.7 Å². The first-order valence-corrected chi connectivity index (χ1v) is 7.80. The molecule has 1 aromatic rings. The summed E-state index contributed by atoms with van der Waals surface area (Å²) in [6.45, 7) is 4.91. The van der Waals surface area contributed by atoms with Crippen LogP contribution in [0.4, 0.5) is 5.69 Å². The van der Waals surface area contributed by atoms with Crippen LogP contribution in [0.25, 0.3) is 0 Å². The quantitative estimate of drug-likeness (QED) is 0.548. The van der Waals surface area contributed by atoms with Crippen molar-refractivity contribution in [1.82, 2.24) is 4.72 Å². The topological polar surface area (TPSA) is 90.6 Å². The lowest BCUT2D eigenvalue weighted by molar-refractivity contribution is 0.0736. The van der Waals surface area contributed by atoms with Crippen LogP contribution in [0.3, 0.4) is 0 Å². The summed E-state index contributed by atoms with van der Waals surface area (Å²) in [7, 11) is -1.97. The molecule has 0 amide bonds. The second-order valence-corrected chi connectivity index (χ2v) is 6.19. The van der Waals surface area contributed by atoms with Crippen LogP contribution in [-0.2, 0) is 19.5 Å². The van der Waals surface area contributed by atoms with Gasteiger partial charge in [-0.2, -0.15) is 0 Å². The maximum atomic E-state index is 12.2. The van der Waals surface area contributed by atoms with Crippen molar-refractivity contribution in [2.24, 2.45) is 0 Å². The van der Waals surface area contributed by atoms with E-state index in [2.05, 4.69) is 4.72 Å². The number of ether oxygens (including phenoxy) is 2. The summed E-state index contributed by atoms with van der Waals surface area (Å²) >= 11 is 0. The Morgan fingerprint density at radius 1 is 1.15 bits per heavy atom. The number of aryl methyl sites for hydroxylation is 2. The number of hydrogen-bond acceptors (Lipinski definition) is 5. The normalized spacial score (nSPS) is 11.8. The van der Waals surface area contributed by atoms with Crippen LogP contribution in [-0.4, -0.2) is 41.9 Å². The van der Waals surface area contributed by atoms with E-state index in [1.165, 1.54) is 0 Å². The molecule has 0 bridgehead atoms. The van der Waals surface area contributed by atoms with Gasteiger partial charge in [-0.15, -0.1) is 0 Å². The third-order valence-electron chi connectivity index (χ3n) is 2.72. The second kappa shape index (κ2) is 7.58. The highest BCUT2D eigenvalue weighted by Gasteiger charge is 2.19. The summed E-state index contributed by atoms with van der Waals surface area (Å²) in [6, 6.07) is 3.30. The highest BCUT2D eigenvalue weighted by molar-refractivity contribution is 7.89. The van der Waals surface area contributed by atoms with Crippen LogP contribution >= 0.6 is 0 Å². The van der Waals surface area contributed by atoms with Gasteiger partial charge in [-0.25, -0.2) is 13.1 Å². The smallest absolute Gasteiger partial charge is 0.241 e. The zero-order valence-electron chi connectivity index (χ0n) is 12.1. The number of hydrogen-bond donors (Lipinski definition) is 2. The van der Waals surface area contributed by atoms with E-state index < -0.39 is 10.0 Å². The van der Waals surface area contributed by atoms with Gasteiger partial charge in [-0.05, 0) is 37.1 Å². The predicted octanol–water partition coefficient (Wildman–Crippen LogP) is 0.827. The Balaban J connectivity index is 2.66. The summed E-state index contributed by atoms with van der Waals surface area (Å²) in [6.07, 6.45) is 0. The van der Waals surface area contributed by atoms with Gasteiger partial charge in [-0.3, -0.25) is 0 Å². The van der Waals surface area contributed by atoms with Crippen molar-refractivity contribution in [3.8, 4) is 0 Å². The molecule has 0 aliphatic carbocycles. The number of methoxy groups -OCH3 is 1. The SMILES string of the molecule is COCCOCCNS(=O)(=O)c1c(C)cc(N)cc1C. The van der Waals surface area contributed by atoms with E-state index in [9.17, 15) is 8.42 Å². The fourth-order valence-electron chi connectivity index (χ4n) is 1.97. The Hall–Kier alpha value is -1.15. The Bertz CT molecular complexity index is 520. The Morgan fingerprint density at radius 2 is 1.75 bits per heavy atom. The number of rotatable bonds is 8. The van der Waals surface area contributed by atoms with Crippen LogP contribution in [0.15, 0.2) is 17.0 Å². The molecule has 20 heavy (non-hydrogen) atoms. The molecule has 6 nitrogen and oxygen atoms in total. The minimum Gasteiger partial charge on any atom is -0.399 e. The first-order valence-electron chi connectivity index (χ1n) is 6.31. The Labute approximate surface area is 120 Å². The van der Waals surface area contributed by atoms with E-state index in [0.29, 0.717) is 36.6 Å². The van der Waals surface area contributed by atoms with Gasteiger partial charge in [0.1, 0.15) is 0 Å². The molecule has 0 fully saturated rings. The van der Waals surface area contributed by atoms with E-state index in [1.54, 1.807) is 33.1 Å². The zero-order valence-corrected chi connectivity index (χ0v) is 12.9. The van der Waals surface area contributed by atoms with Gasteiger partial charge in [-0.1, -0.05) is 0 Å². The van der Waals surface area contributed by atoms with Crippen LogP contribution in [0, 0.1) is 13.8 Å². The zero-order chi connectivity index (χ0) is 15.2. The van der Waals surface area contributed by atoms with Gasteiger partial charge in [0, 0.05) is 19.3 Å². The van der Waals surface area contributed by atoms with Crippen LogP contribution < -0.4 is 10.5 Å². The van der Waals surface area contributed by atoms with Crippen molar-refractivity contribution < 1.29 is 17.9 Å². The molecule has 0 aromatic heterocycles. The van der Waals surface area contributed by atoms with Gasteiger partial charge < -0.3 is 15.2 Å². The lowest BCUT2D eigenvalue weighted by Gasteiger charge is -2.13. The molecule has 0 radical (unpaired) electrons. The maximum absolute atomic E-state index is 12.2. The van der Waals surface area contributed by atoms with Gasteiger partial charge in [0.25, 0.3) is 0 Å². The molecular formula is C13H22N2O4S. The molecule has 3 N–H and O–H groups in total. The molecule has 7 heteroatoms. The molecule has 0 aliphatic rings. The molecule has 1 aromatic carbocycles. The number of nitrogen functional groups attached to an aromatic ring is 1. The lowest BCUT2D eigenvalue weighted by Crippen LogP contribution is -2.29. The molecule has 0 aliphatic heterocycles. The molecule has 0 saturated heterocycles. The fourth-order valence-corrected chi connectivity index (χ4v) is 3.43. The molecule has 0 spiro atoms. The lowest BCUT2D eigenvalue weighted by atomic mass is 10.1. The summed E-state index contributed by atoms with van der Waals surface area (Å²) in [5.41, 5.74) is 7.52. The van der Waals surface area contributed by atoms with E-state index in [-0.39, 0.29) is 11.4 Å². The molecule has 0 atom stereocenters. The summed E-state index contributed by atoms with van der Waals surface area (Å²) < 4.78 is 37.0. The molecule has 0 heterocycles. The highest BCUT2D eigenvalue weighted by Crippen LogP contribution is 2.22. The molecule has 1 rings (SSSR count). The van der Waals surface area contributed by atoms with E-state index in [0.717, 1.165) is 0 Å². The van der Waals surface area contributed by atoms with E-state index >= 15 is 0 Å². The average molecular weight is 302 g/mol. The third kappa shape index (κ3) is 4.75. The summed E-state index contributed by atoms with van der Waals surface area (Å²) in [5.74, 6) is 0. The van der Waals surface area contributed by atoms with Gasteiger partial charge in [0.15, 0.2) is 0 Å². The number of anilines is 1. The van der Waals surface area contributed by atoms with E-state index in [4.69, 9.17) is 15.2 Å². The van der Waals surface area contributed by atoms with Gasteiger partial charge >= 0.3 is 0 Å². The van der Waals surface area contributed by atoms with E-state index in [1.807, 2.05) is 0 Å². The number of nitrogens with two attached hydrogens (primary N) is 1. The molecule has 0 unspecified atom stereocenters.